The van der Waals surface area contributed by atoms with E-state index in [0.717, 1.165) is 0 Å². The minimum atomic E-state index is -1.04. The molecule has 2 unspecified atom stereocenters. The van der Waals surface area contributed by atoms with Crippen molar-refractivity contribution in [2.75, 3.05) is 0 Å². The number of oxime groups is 1. The van der Waals surface area contributed by atoms with Crippen molar-refractivity contribution in [2.45, 2.75) is 337 Å². The van der Waals surface area contributed by atoms with Crippen LogP contribution in [0.1, 0.15) is 303 Å². The zero-order valence-corrected chi connectivity index (χ0v) is 74.7. The highest BCUT2D eigenvalue weighted by atomic mass is 16.5. The molecule has 2 atom stereocenters. The Labute approximate surface area is 650 Å². The lowest BCUT2D eigenvalue weighted by atomic mass is 9.82. The number of hydrazine groups is 2. The van der Waals surface area contributed by atoms with Gasteiger partial charge in [-0.2, -0.15) is 5.10 Å². The summed E-state index contributed by atoms with van der Waals surface area (Å²) in [6, 6.07) is -0.833. The van der Waals surface area contributed by atoms with Crippen molar-refractivity contribution in [2.24, 2.45) is 123 Å². The number of hydroxylamine groups is 1. The van der Waals surface area contributed by atoms with Crippen molar-refractivity contribution >= 4 is 82.4 Å². The summed E-state index contributed by atoms with van der Waals surface area (Å²) in [5.41, 5.74) is 42.6. The van der Waals surface area contributed by atoms with Crippen molar-refractivity contribution in [1.29, 1.82) is 0 Å². The Morgan fingerprint density at radius 2 is 0.704 bits per heavy atom. The van der Waals surface area contributed by atoms with Gasteiger partial charge in [0.2, 0.25) is 41.2 Å². The fourth-order valence-corrected chi connectivity index (χ4v) is 5.27. The lowest BCUT2D eigenvalue weighted by Gasteiger charge is -2.23. The molecule has 0 aliphatic carbocycles. The van der Waals surface area contributed by atoms with Crippen LogP contribution in [0.25, 0.3) is 0 Å². The molecule has 646 valence electrons. The average molecular weight is 1560 g/mol. The number of amides is 13. The lowest BCUT2D eigenvalue weighted by Crippen LogP contribution is -2.48. The third-order valence-electron chi connectivity index (χ3n) is 9.88. The lowest BCUT2D eigenvalue weighted by molar-refractivity contribution is -0.140. The van der Waals surface area contributed by atoms with Crippen molar-refractivity contribution in [3.05, 3.63) is 0 Å². The van der Waals surface area contributed by atoms with Crippen LogP contribution >= 0.6 is 0 Å². The van der Waals surface area contributed by atoms with Crippen LogP contribution in [0.2, 0.25) is 0 Å². The van der Waals surface area contributed by atoms with Gasteiger partial charge in [-0.3, -0.25) is 64.0 Å². The second-order valence-electron chi connectivity index (χ2n) is 38.6. The van der Waals surface area contributed by atoms with Gasteiger partial charge in [0.1, 0.15) is 17.5 Å². The summed E-state index contributed by atoms with van der Waals surface area (Å²) in [6.07, 6.45) is 0.248. The number of nitrogens with one attached hydrogen (secondary N) is 6. The maximum absolute atomic E-state index is 10.7. The van der Waals surface area contributed by atoms with Crippen LogP contribution in [0, 0.1) is 49.2 Å². The number of nitrogens with two attached hydrogens (primary N) is 11. The summed E-state index contributed by atoms with van der Waals surface area (Å²) in [5.74, 6) is 10.4. The van der Waals surface area contributed by atoms with Gasteiger partial charge in [0.25, 0.3) is 17.7 Å². The summed E-state index contributed by atoms with van der Waals surface area (Å²) in [5, 5.41) is 47.9. The third kappa shape index (κ3) is 137. The highest BCUT2D eigenvalue weighted by Crippen LogP contribution is 2.25. The van der Waals surface area contributed by atoms with Gasteiger partial charge in [0.05, 0.1) is 5.60 Å². The fourth-order valence-electron chi connectivity index (χ4n) is 5.27. The van der Waals surface area contributed by atoms with Crippen molar-refractivity contribution in [3.63, 3.8) is 0 Å². The zero-order chi connectivity index (χ0) is 91.5. The molecule has 0 aromatic rings. The first-order valence-electron chi connectivity index (χ1n) is 34.6. The Bertz CT molecular complexity index is 2440. The van der Waals surface area contributed by atoms with E-state index in [1.165, 1.54) is 6.92 Å². The SMILES string of the molecule is CC(=O)NC(C)(C)C.CC(C(N)=O)C(C)(C)C.CC(C)(C)/C(=N/N)C(N)=O.CC(C)(C)/C(=N/O)C(N)=O.CC(C)(C)C(=O)C(N)=O.CC(C)(C)C(O)C(N)=O.CC(C)(C)CC(=O)NN.CC(C)(C)CC(=O)NO.CC(C)(C)CC(N)=O.CC(C)(C)N.CC(C)(C)NC(=O)NN.CC(C)(C)NC(N)=O.CC(C)(C)O. The first kappa shape index (κ1) is 130. The summed E-state index contributed by atoms with van der Waals surface area (Å²) in [4.78, 5) is 125. The topological polar surface area (TPSA) is 669 Å². The van der Waals surface area contributed by atoms with Crippen molar-refractivity contribution in [1.82, 2.24) is 32.3 Å². The maximum Gasteiger partial charge on any atom is 0.329 e. The molecule has 0 spiro atoms. The second kappa shape index (κ2) is 57.3. The van der Waals surface area contributed by atoms with E-state index >= 15 is 0 Å². The number of nitrogens with zero attached hydrogens (tertiary/aromatic N) is 2. The van der Waals surface area contributed by atoms with Gasteiger partial charge in [0, 0.05) is 70.5 Å². The molecule has 0 rings (SSSR count). The molecule has 0 aliphatic heterocycles. The van der Waals surface area contributed by atoms with Crippen molar-refractivity contribution < 1.29 is 78.2 Å². The molecule has 35 heteroatoms. The quantitative estimate of drug-likeness (QED) is 0.0238. The molecule has 32 N–H and O–H groups in total. The molecule has 0 aromatic heterocycles. The first-order chi connectivity index (χ1) is 46.5. The van der Waals surface area contributed by atoms with E-state index in [4.69, 9.17) is 84.0 Å². The molecule has 0 heterocycles. The number of primary amides is 7. The molecule has 0 aliphatic rings. The van der Waals surface area contributed by atoms with Gasteiger partial charge in [-0.1, -0.05) is 178 Å². The Hall–Kier alpha value is -7.86. The van der Waals surface area contributed by atoms with Crippen LogP contribution in [-0.2, 0) is 47.9 Å². The van der Waals surface area contributed by atoms with Crippen LogP contribution in [0.15, 0.2) is 10.3 Å². The normalized spacial score (nSPS) is 12.2. The van der Waals surface area contributed by atoms with Crippen LogP contribution in [-0.4, -0.2) is 137 Å². The molecule has 0 aromatic carbocycles. The minimum absolute atomic E-state index is 0. The number of hydrogen-bond donors (Lipinski definition) is 21. The molecule has 0 saturated heterocycles. The number of urea groups is 2. The van der Waals surface area contributed by atoms with Crippen LogP contribution in [0.4, 0.5) is 9.59 Å². The number of ketones is 1. The van der Waals surface area contributed by atoms with Crippen LogP contribution < -0.4 is 95.7 Å². The van der Waals surface area contributed by atoms with Crippen molar-refractivity contribution in [3.8, 4) is 0 Å². The Morgan fingerprint density at radius 3 is 0.731 bits per heavy atom. The Morgan fingerprint density at radius 1 is 0.417 bits per heavy atom. The Kier molecular flexibility index (Phi) is 68.7. The highest BCUT2D eigenvalue weighted by molar-refractivity contribution is 6.40. The molecular formula is C73H163N19O16. The van der Waals surface area contributed by atoms with E-state index < -0.39 is 63.4 Å². The van der Waals surface area contributed by atoms with Gasteiger partial charge in [-0.05, 0) is 131 Å². The first-order valence-corrected chi connectivity index (χ1v) is 34.6. The predicted octanol–water partition coefficient (Wildman–Crippen LogP) is 6.40. The largest absolute Gasteiger partial charge is 0.410 e. The number of carbonyl (C=O) groups is 12. The number of aliphatic hydroxyl groups excluding tert-OH is 1. The van der Waals surface area contributed by atoms with E-state index in [2.05, 4.69) is 31.6 Å². The summed E-state index contributed by atoms with van der Waals surface area (Å²) in [6.45, 7) is 76.2. The average Bonchev–Trinajstić information content (AvgIpc) is 1.02. The molecule has 0 radical (unpaired) electrons. The molecule has 35 nitrogen and oxygen atoms in total. The molecule has 0 fully saturated rings. The standard InChI is InChI=1S/C7H15NO.C6H13N3O.C6H12N2O2.C6H14N2O.2C6H13NO2.C6H11NO2.2C6H13NO.C5H13N3O.C5H12N2O.C4H11N.C4H10O/c1-5(6(8)9)7(2,3)4;1-6(2,3)4(9-8)5(7)10;1-6(2,3)4(8-10)5(7)9;1-6(2,3)4-5(9)8-7;1-6(2,3)4-5(8)7-9;2*1-6(2,3)4(8)5(7)9;1-6(2,3)4-5(7)8;1-5(8)7-6(2,3)4;1-5(2,3)7-4(9)8-6;1-5(2,3)7-4(6)8;2*1-4(2,3)5/h5H,1-4H3,(H2,8,9);8H2,1-3H3,(H2,7,10);10H,1-3H3,(H2,7,9);4,7H2,1-3H3,(H,8,9);9H,4H2,1-3H3,(H,7,8);4,8H,1-3H3,(H2,7,9);1-3H3,(H2,7,9);4H2,1-3H3,(H2,7,8);1-4H3,(H,7,8);6H2,1-3H3,(H2,7,8,9);1-3H3,(H3,6,7,8);5H2,1-3H3;5H,1-3H3/b;9-4+;8-4+;;;;;;;;;;. The van der Waals surface area contributed by atoms with Crippen LogP contribution in [0.5, 0.6) is 0 Å². The van der Waals surface area contributed by atoms with Gasteiger partial charge >= 0.3 is 12.1 Å². The van der Waals surface area contributed by atoms with Gasteiger partial charge in [0.15, 0.2) is 0 Å². The smallest absolute Gasteiger partial charge is 0.329 e. The van der Waals surface area contributed by atoms with Gasteiger partial charge in [-0.15, -0.1) is 0 Å². The summed E-state index contributed by atoms with van der Waals surface area (Å²) in [7, 11) is 0. The number of hydrazone groups is 1. The number of Topliss-reactive ketones (excluding diaryl/α,β-unsaturated/α-hetero) is 1. The fraction of sp³-hybridized carbons (Fsp3) is 0.808. The minimum Gasteiger partial charge on any atom is -0.410 e. The van der Waals surface area contributed by atoms with E-state index in [1.54, 1.807) is 88.6 Å². The van der Waals surface area contributed by atoms with Gasteiger partial charge in [-0.25, -0.2) is 26.8 Å². The maximum atomic E-state index is 10.7. The predicted molar refractivity (Wildman–Crippen MR) is 436 cm³/mol. The molecule has 0 bridgehead atoms. The van der Waals surface area contributed by atoms with E-state index in [1.807, 2.05) is 199 Å². The monoisotopic (exact) mass is 1560 g/mol. The van der Waals surface area contributed by atoms with Crippen LogP contribution in [0.3, 0.4) is 0 Å². The second-order valence-corrected chi connectivity index (χ2v) is 38.6. The molecule has 13 amide bonds. The third-order valence-corrected chi connectivity index (χ3v) is 9.88. The zero-order valence-electron chi connectivity index (χ0n) is 74.7. The number of rotatable bonds is 8. The van der Waals surface area contributed by atoms with E-state index in [-0.39, 0.29) is 102 Å². The molecular weight excluding hydrogens is 1400 g/mol. The summed E-state index contributed by atoms with van der Waals surface area (Å²) < 4.78 is 0. The molecule has 0 saturated carbocycles. The molecule has 108 heavy (non-hydrogen) atoms. The number of aliphatic hydroxyl groups is 2. The summed E-state index contributed by atoms with van der Waals surface area (Å²) >= 11 is 0. The number of hydrogen-bond acceptors (Lipinski definition) is 22. The van der Waals surface area contributed by atoms with Gasteiger partial charge < -0.3 is 83.1 Å². The van der Waals surface area contributed by atoms with E-state index in [9.17, 15) is 57.5 Å². The number of carbonyl (C=O) groups excluding carboxylic acids is 12. The van der Waals surface area contributed by atoms with E-state index in [0.29, 0.717) is 19.3 Å². The Balaban J connectivity index is -0.0000000826. The highest BCUT2D eigenvalue weighted by Gasteiger charge is 2.29.